The lowest BCUT2D eigenvalue weighted by Gasteiger charge is -2.35. The van der Waals surface area contributed by atoms with E-state index >= 15 is 0 Å². The molecule has 7 heteroatoms. The number of aryl methyl sites for hydroxylation is 1. The van der Waals surface area contributed by atoms with E-state index in [1.54, 1.807) is 35.0 Å². The number of benzene rings is 1. The Bertz CT molecular complexity index is 961. The van der Waals surface area contributed by atoms with Crippen molar-refractivity contribution >= 4 is 11.8 Å². The number of carbonyl (C=O) groups excluding carboxylic acids is 2. The van der Waals surface area contributed by atoms with Gasteiger partial charge in [-0.2, -0.15) is 0 Å². The fourth-order valence-corrected chi connectivity index (χ4v) is 4.83. The maximum Gasteiger partial charge on any atom is 0.330 e. The number of rotatable bonds is 5. The zero-order valence-electron chi connectivity index (χ0n) is 18.3. The van der Waals surface area contributed by atoms with Gasteiger partial charge in [0.15, 0.2) is 0 Å². The van der Waals surface area contributed by atoms with Crippen LogP contribution in [0.25, 0.3) is 5.69 Å². The number of carbonyl (C=O) groups is 2. The molecular weight excluding hydrogens is 392 g/mol. The van der Waals surface area contributed by atoms with Crippen LogP contribution in [-0.4, -0.2) is 57.3 Å². The van der Waals surface area contributed by atoms with Crippen molar-refractivity contribution in [3.05, 3.63) is 52.2 Å². The van der Waals surface area contributed by atoms with E-state index in [1.165, 1.54) is 32.1 Å². The molecule has 0 bridgehead atoms. The first-order valence-electron chi connectivity index (χ1n) is 11.5. The van der Waals surface area contributed by atoms with Gasteiger partial charge in [0.1, 0.15) is 0 Å². The summed E-state index contributed by atoms with van der Waals surface area (Å²) in [5.74, 6) is 0.919. The van der Waals surface area contributed by atoms with Gasteiger partial charge in [0.05, 0.1) is 5.69 Å². The van der Waals surface area contributed by atoms with Gasteiger partial charge in [0.25, 0.3) is 5.91 Å². The average Bonchev–Trinajstić information content (AvgIpc) is 3.15. The summed E-state index contributed by atoms with van der Waals surface area (Å²) >= 11 is 0. The summed E-state index contributed by atoms with van der Waals surface area (Å²) in [7, 11) is 0. The van der Waals surface area contributed by atoms with E-state index < -0.39 is 0 Å². The third kappa shape index (κ3) is 4.92. The molecule has 1 N–H and O–H groups in total. The third-order valence-corrected chi connectivity index (χ3v) is 6.74. The second-order valence-electron chi connectivity index (χ2n) is 8.83. The van der Waals surface area contributed by atoms with Crippen LogP contribution < -0.4 is 5.69 Å². The minimum absolute atomic E-state index is 0.0287. The molecule has 0 spiro atoms. The quantitative estimate of drug-likeness (QED) is 0.801. The number of H-pyrrole nitrogens is 1. The van der Waals surface area contributed by atoms with Crippen molar-refractivity contribution in [1.82, 2.24) is 19.4 Å². The monoisotopic (exact) mass is 424 g/mol. The number of nitrogens with zero attached hydrogens (tertiary/aromatic N) is 3. The maximum atomic E-state index is 12.9. The fraction of sp³-hybridized carbons (Fsp3) is 0.542. The Morgan fingerprint density at radius 3 is 2.23 bits per heavy atom. The van der Waals surface area contributed by atoms with Gasteiger partial charge < -0.3 is 14.8 Å². The van der Waals surface area contributed by atoms with Crippen molar-refractivity contribution in [2.45, 2.75) is 51.9 Å². The zero-order valence-corrected chi connectivity index (χ0v) is 18.3. The van der Waals surface area contributed by atoms with Crippen LogP contribution in [0.3, 0.4) is 0 Å². The Hall–Kier alpha value is -2.83. The lowest BCUT2D eigenvalue weighted by atomic mass is 9.86. The molecule has 0 unspecified atom stereocenters. The van der Waals surface area contributed by atoms with Crippen LogP contribution in [-0.2, 0) is 4.79 Å². The smallest absolute Gasteiger partial charge is 0.330 e. The topological polar surface area (TPSA) is 78.4 Å². The molecule has 7 nitrogen and oxygen atoms in total. The van der Waals surface area contributed by atoms with Gasteiger partial charge in [-0.05, 0) is 43.5 Å². The molecule has 2 amide bonds. The van der Waals surface area contributed by atoms with Gasteiger partial charge in [-0.3, -0.25) is 14.2 Å². The lowest BCUT2D eigenvalue weighted by Crippen LogP contribution is -2.50. The largest absolute Gasteiger partial charge is 0.339 e. The second kappa shape index (κ2) is 9.54. The number of aromatic amines is 1. The number of hydrogen-bond donors (Lipinski definition) is 1. The molecule has 0 atom stereocenters. The molecule has 31 heavy (non-hydrogen) atoms. The number of hydrogen-bond acceptors (Lipinski definition) is 3. The molecule has 1 aliphatic carbocycles. The Labute approximate surface area is 183 Å². The summed E-state index contributed by atoms with van der Waals surface area (Å²) < 4.78 is 1.58. The predicted octanol–water partition coefficient (Wildman–Crippen LogP) is 3.12. The summed E-state index contributed by atoms with van der Waals surface area (Å²) in [6, 6.07) is 7.11. The van der Waals surface area contributed by atoms with E-state index in [1.807, 2.05) is 16.7 Å². The van der Waals surface area contributed by atoms with Gasteiger partial charge in [0, 0.05) is 50.1 Å². The summed E-state index contributed by atoms with van der Waals surface area (Å²) in [4.78, 5) is 43.8. The maximum absolute atomic E-state index is 12.9. The highest BCUT2D eigenvalue weighted by molar-refractivity contribution is 5.94. The minimum atomic E-state index is -0.194. The highest BCUT2D eigenvalue weighted by Gasteiger charge is 2.25. The Kier molecular flexibility index (Phi) is 6.59. The van der Waals surface area contributed by atoms with E-state index in [0.717, 1.165) is 23.7 Å². The molecule has 166 valence electrons. The predicted molar refractivity (Wildman–Crippen MR) is 119 cm³/mol. The van der Waals surface area contributed by atoms with Crippen LogP contribution >= 0.6 is 0 Å². The van der Waals surface area contributed by atoms with E-state index in [0.29, 0.717) is 38.2 Å². The van der Waals surface area contributed by atoms with Crippen molar-refractivity contribution < 1.29 is 9.59 Å². The van der Waals surface area contributed by atoms with Crippen LogP contribution in [0.4, 0.5) is 0 Å². The van der Waals surface area contributed by atoms with Crippen LogP contribution in [0.15, 0.2) is 35.3 Å². The Morgan fingerprint density at radius 1 is 0.968 bits per heavy atom. The molecular formula is C24H32N4O3. The first kappa shape index (κ1) is 21.4. The molecule has 4 rings (SSSR count). The first-order valence-corrected chi connectivity index (χ1v) is 11.5. The highest BCUT2D eigenvalue weighted by atomic mass is 16.2. The number of nitrogens with one attached hydrogen (secondary N) is 1. The van der Waals surface area contributed by atoms with Crippen molar-refractivity contribution in [1.29, 1.82) is 0 Å². The summed E-state index contributed by atoms with van der Waals surface area (Å²) in [5.41, 5.74) is 1.95. The molecule has 2 aliphatic rings. The normalized spacial score (nSPS) is 17.7. The van der Waals surface area contributed by atoms with E-state index in [4.69, 9.17) is 0 Å². The van der Waals surface area contributed by atoms with Crippen LogP contribution in [0, 0.1) is 12.8 Å². The molecule has 1 saturated heterocycles. The second-order valence-corrected chi connectivity index (χ2v) is 8.83. The van der Waals surface area contributed by atoms with Crippen molar-refractivity contribution in [2.75, 3.05) is 26.2 Å². The number of amides is 2. The average molecular weight is 425 g/mol. The SMILES string of the molecule is Cc1c[nH]c(=O)n1-c1ccc(C(=O)N2CCN(C(=O)CCC3CCCCC3)CC2)cc1. The molecule has 2 heterocycles. The van der Waals surface area contributed by atoms with Crippen LogP contribution in [0.1, 0.15) is 61.0 Å². The Morgan fingerprint density at radius 2 is 1.61 bits per heavy atom. The molecule has 2 aromatic rings. The molecule has 1 aromatic carbocycles. The molecule has 1 aliphatic heterocycles. The van der Waals surface area contributed by atoms with Crippen molar-refractivity contribution in [3.8, 4) is 5.69 Å². The summed E-state index contributed by atoms with van der Waals surface area (Å²) in [5, 5.41) is 0. The van der Waals surface area contributed by atoms with Gasteiger partial charge >= 0.3 is 5.69 Å². The van der Waals surface area contributed by atoms with E-state index in [2.05, 4.69) is 4.98 Å². The van der Waals surface area contributed by atoms with Gasteiger partial charge in [-0.1, -0.05) is 32.1 Å². The van der Waals surface area contributed by atoms with Crippen LogP contribution in [0.2, 0.25) is 0 Å². The number of aromatic nitrogens is 2. The highest BCUT2D eigenvalue weighted by Crippen LogP contribution is 2.27. The van der Waals surface area contributed by atoms with Gasteiger partial charge in [0.2, 0.25) is 5.91 Å². The molecule has 2 fully saturated rings. The van der Waals surface area contributed by atoms with Crippen molar-refractivity contribution in [2.24, 2.45) is 5.92 Å². The zero-order chi connectivity index (χ0) is 21.8. The summed E-state index contributed by atoms with van der Waals surface area (Å²) in [6.45, 7) is 4.18. The standard InChI is InChI=1S/C24H32N4O3/c1-18-17-25-24(31)28(18)21-10-8-20(9-11-21)23(30)27-15-13-26(14-16-27)22(29)12-7-19-5-3-2-4-6-19/h8-11,17,19H,2-7,12-16H2,1H3,(H,25,31). The van der Waals surface area contributed by atoms with Gasteiger partial charge in [-0.25, -0.2) is 4.79 Å². The Balaban J connectivity index is 1.29. The fourth-order valence-electron chi connectivity index (χ4n) is 4.83. The lowest BCUT2D eigenvalue weighted by molar-refractivity contribution is -0.133. The van der Waals surface area contributed by atoms with E-state index in [-0.39, 0.29) is 17.5 Å². The van der Waals surface area contributed by atoms with Crippen molar-refractivity contribution in [3.63, 3.8) is 0 Å². The summed E-state index contributed by atoms with van der Waals surface area (Å²) in [6.07, 6.45) is 9.81. The first-order chi connectivity index (χ1) is 15.0. The van der Waals surface area contributed by atoms with Gasteiger partial charge in [-0.15, -0.1) is 0 Å². The minimum Gasteiger partial charge on any atom is -0.339 e. The number of imidazole rings is 1. The molecule has 1 saturated carbocycles. The third-order valence-electron chi connectivity index (χ3n) is 6.74. The van der Waals surface area contributed by atoms with E-state index in [9.17, 15) is 14.4 Å². The molecule has 0 radical (unpaired) electrons. The van der Waals surface area contributed by atoms with Crippen LogP contribution in [0.5, 0.6) is 0 Å². The number of piperazine rings is 1. The molecule has 1 aromatic heterocycles.